The fraction of sp³-hybridized carbons (Fsp3) is 0.500. The van der Waals surface area contributed by atoms with E-state index in [1.54, 1.807) is 4.90 Å². The summed E-state index contributed by atoms with van der Waals surface area (Å²) in [6, 6.07) is 7.76. The van der Waals surface area contributed by atoms with Gasteiger partial charge in [0.25, 0.3) is 0 Å². The molecule has 0 bridgehead atoms. The fourth-order valence-corrected chi connectivity index (χ4v) is 2.45. The first-order chi connectivity index (χ1) is 9.08. The lowest BCUT2D eigenvalue weighted by Crippen LogP contribution is -2.55. The number of carbonyl (C=O) groups excluding carboxylic acids is 1. The minimum atomic E-state index is -0.241. The first-order valence-corrected chi connectivity index (χ1v) is 7.21. The standard InChI is InChI=1S/C14H19BrN2O2/c1-10-13(16-7-8-19-10)14(18)17(2)9-11-3-5-12(15)6-4-11/h3-6,10,13,16H,7-9H2,1-2H3/t10-,13+/m1/s1. The number of hydrogen-bond donors (Lipinski definition) is 1. The second-order valence-electron chi connectivity index (χ2n) is 4.83. The summed E-state index contributed by atoms with van der Waals surface area (Å²) in [5, 5.41) is 3.22. The average molecular weight is 327 g/mol. The van der Waals surface area contributed by atoms with Crippen molar-refractivity contribution in [3.63, 3.8) is 0 Å². The Bertz CT molecular complexity index is 436. The van der Waals surface area contributed by atoms with Crippen LogP contribution in [0.15, 0.2) is 28.7 Å². The van der Waals surface area contributed by atoms with Gasteiger partial charge in [-0.3, -0.25) is 4.79 Å². The van der Waals surface area contributed by atoms with Gasteiger partial charge in [-0.05, 0) is 24.6 Å². The van der Waals surface area contributed by atoms with Crippen LogP contribution < -0.4 is 5.32 Å². The van der Waals surface area contributed by atoms with Crippen LogP contribution in [0.5, 0.6) is 0 Å². The van der Waals surface area contributed by atoms with Crippen LogP contribution in [0, 0.1) is 0 Å². The molecule has 0 radical (unpaired) electrons. The zero-order valence-electron chi connectivity index (χ0n) is 11.2. The Morgan fingerprint density at radius 3 is 2.79 bits per heavy atom. The van der Waals surface area contributed by atoms with E-state index in [4.69, 9.17) is 4.74 Å². The van der Waals surface area contributed by atoms with Crippen LogP contribution in [0.2, 0.25) is 0 Å². The molecule has 1 N–H and O–H groups in total. The molecule has 1 fully saturated rings. The molecule has 0 aliphatic carbocycles. The molecule has 1 saturated heterocycles. The largest absolute Gasteiger partial charge is 0.375 e. The van der Waals surface area contributed by atoms with E-state index in [9.17, 15) is 4.79 Å². The SMILES string of the molecule is C[C@H]1OCCN[C@@H]1C(=O)N(C)Cc1ccc(Br)cc1. The molecule has 104 valence electrons. The van der Waals surface area contributed by atoms with Crippen LogP contribution >= 0.6 is 15.9 Å². The number of nitrogens with one attached hydrogen (secondary N) is 1. The van der Waals surface area contributed by atoms with E-state index >= 15 is 0 Å². The summed E-state index contributed by atoms with van der Waals surface area (Å²) in [7, 11) is 1.83. The van der Waals surface area contributed by atoms with E-state index in [0.717, 1.165) is 16.6 Å². The molecule has 2 atom stereocenters. The van der Waals surface area contributed by atoms with Gasteiger partial charge >= 0.3 is 0 Å². The lowest BCUT2D eigenvalue weighted by molar-refractivity contribution is -0.138. The number of amides is 1. The molecule has 1 aromatic rings. The van der Waals surface area contributed by atoms with E-state index in [0.29, 0.717) is 13.2 Å². The highest BCUT2D eigenvalue weighted by atomic mass is 79.9. The number of rotatable bonds is 3. The molecule has 0 saturated carbocycles. The average Bonchev–Trinajstić information content (AvgIpc) is 2.41. The maximum atomic E-state index is 12.4. The van der Waals surface area contributed by atoms with Gasteiger partial charge in [0.15, 0.2) is 0 Å². The summed E-state index contributed by atoms with van der Waals surface area (Å²) in [4.78, 5) is 14.1. The first-order valence-electron chi connectivity index (χ1n) is 6.42. The highest BCUT2D eigenvalue weighted by molar-refractivity contribution is 9.10. The van der Waals surface area contributed by atoms with Crippen LogP contribution in [0.1, 0.15) is 12.5 Å². The molecule has 19 heavy (non-hydrogen) atoms. The molecule has 1 amide bonds. The van der Waals surface area contributed by atoms with Crippen molar-refractivity contribution < 1.29 is 9.53 Å². The zero-order chi connectivity index (χ0) is 13.8. The summed E-state index contributed by atoms with van der Waals surface area (Å²) in [5.74, 6) is 0.0788. The highest BCUT2D eigenvalue weighted by Gasteiger charge is 2.30. The molecule has 0 aromatic heterocycles. The number of carbonyl (C=O) groups is 1. The van der Waals surface area contributed by atoms with Crippen molar-refractivity contribution in [2.75, 3.05) is 20.2 Å². The van der Waals surface area contributed by atoms with Crippen LogP contribution in [0.25, 0.3) is 0 Å². The molecule has 0 spiro atoms. The number of hydrogen-bond acceptors (Lipinski definition) is 3. The predicted octanol–water partition coefficient (Wildman–Crippen LogP) is 1.78. The van der Waals surface area contributed by atoms with Gasteiger partial charge in [-0.25, -0.2) is 0 Å². The quantitative estimate of drug-likeness (QED) is 0.920. The molecule has 1 heterocycles. The van der Waals surface area contributed by atoms with E-state index in [2.05, 4.69) is 21.2 Å². The van der Waals surface area contributed by atoms with Crippen molar-refractivity contribution in [2.24, 2.45) is 0 Å². The lowest BCUT2D eigenvalue weighted by Gasteiger charge is -2.32. The topological polar surface area (TPSA) is 41.6 Å². The third-order valence-corrected chi connectivity index (χ3v) is 3.82. The zero-order valence-corrected chi connectivity index (χ0v) is 12.8. The first kappa shape index (κ1) is 14.5. The van der Waals surface area contributed by atoms with E-state index < -0.39 is 0 Å². The highest BCUT2D eigenvalue weighted by Crippen LogP contribution is 2.13. The van der Waals surface area contributed by atoms with Crippen molar-refractivity contribution in [3.05, 3.63) is 34.3 Å². The molecule has 1 aliphatic heterocycles. The molecule has 2 rings (SSSR count). The predicted molar refractivity (Wildman–Crippen MR) is 77.8 cm³/mol. The maximum absolute atomic E-state index is 12.4. The van der Waals surface area contributed by atoms with Crippen molar-refractivity contribution in [2.45, 2.75) is 25.6 Å². The number of benzene rings is 1. The minimum Gasteiger partial charge on any atom is -0.375 e. The van der Waals surface area contributed by atoms with Gasteiger partial charge in [0.1, 0.15) is 6.04 Å². The van der Waals surface area contributed by atoms with Gasteiger partial charge in [0, 0.05) is 24.6 Å². The van der Waals surface area contributed by atoms with Gasteiger partial charge < -0.3 is 15.0 Å². The third-order valence-electron chi connectivity index (χ3n) is 3.29. The summed E-state index contributed by atoms with van der Waals surface area (Å²) in [6.45, 7) is 3.94. The fourth-order valence-electron chi connectivity index (χ4n) is 2.19. The number of nitrogens with zero attached hydrogens (tertiary/aromatic N) is 1. The van der Waals surface area contributed by atoms with Crippen molar-refractivity contribution in [1.29, 1.82) is 0 Å². The van der Waals surface area contributed by atoms with Crippen LogP contribution in [0.4, 0.5) is 0 Å². The Balaban J connectivity index is 1.96. The normalized spacial score (nSPS) is 23.1. The Morgan fingerprint density at radius 2 is 2.16 bits per heavy atom. The molecular formula is C14H19BrN2O2. The maximum Gasteiger partial charge on any atom is 0.242 e. The second kappa shape index (κ2) is 6.50. The smallest absolute Gasteiger partial charge is 0.242 e. The molecule has 1 aromatic carbocycles. The summed E-state index contributed by atoms with van der Waals surface area (Å²) in [5.41, 5.74) is 1.11. The number of morpholine rings is 1. The molecule has 0 unspecified atom stereocenters. The molecular weight excluding hydrogens is 308 g/mol. The monoisotopic (exact) mass is 326 g/mol. The lowest BCUT2D eigenvalue weighted by atomic mass is 10.1. The summed E-state index contributed by atoms with van der Waals surface area (Å²) in [6.07, 6.45) is -0.0754. The van der Waals surface area contributed by atoms with Gasteiger partial charge in [-0.1, -0.05) is 28.1 Å². The third kappa shape index (κ3) is 3.78. The Hall–Kier alpha value is -0.910. The number of likely N-dealkylation sites (N-methyl/N-ethyl adjacent to an activating group) is 1. The van der Waals surface area contributed by atoms with Crippen LogP contribution in [-0.2, 0) is 16.1 Å². The van der Waals surface area contributed by atoms with Crippen molar-refractivity contribution in [1.82, 2.24) is 10.2 Å². The van der Waals surface area contributed by atoms with E-state index in [-0.39, 0.29) is 18.1 Å². The summed E-state index contributed by atoms with van der Waals surface area (Å²) < 4.78 is 6.55. The van der Waals surface area contributed by atoms with Crippen LogP contribution in [0.3, 0.4) is 0 Å². The van der Waals surface area contributed by atoms with E-state index in [1.807, 2.05) is 38.2 Å². The minimum absolute atomic E-state index is 0.0754. The second-order valence-corrected chi connectivity index (χ2v) is 5.74. The van der Waals surface area contributed by atoms with Crippen LogP contribution in [-0.4, -0.2) is 43.2 Å². The number of ether oxygens (including phenoxy) is 1. The van der Waals surface area contributed by atoms with Gasteiger partial charge in [-0.2, -0.15) is 0 Å². The Labute approximate surface area is 122 Å². The van der Waals surface area contributed by atoms with Gasteiger partial charge in [0.05, 0.1) is 12.7 Å². The van der Waals surface area contributed by atoms with Crippen molar-refractivity contribution in [3.8, 4) is 0 Å². The van der Waals surface area contributed by atoms with E-state index in [1.165, 1.54) is 0 Å². The van der Waals surface area contributed by atoms with Gasteiger partial charge in [-0.15, -0.1) is 0 Å². The molecule has 5 heteroatoms. The molecule has 4 nitrogen and oxygen atoms in total. The molecule has 1 aliphatic rings. The van der Waals surface area contributed by atoms with Crippen molar-refractivity contribution >= 4 is 21.8 Å². The summed E-state index contributed by atoms with van der Waals surface area (Å²) >= 11 is 3.40. The van der Waals surface area contributed by atoms with Gasteiger partial charge in [0.2, 0.25) is 5.91 Å². The number of halogens is 1. The Kier molecular flexibility index (Phi) is 4.96. The Morgan fingerprint density at radius 1 is 1.47 bits per heavy atom.